The third-order valence-electron chi connectivity index (χ3n) is 3.40. The molecule has 0 fully saturated rings. The second kappa shape index (κ2) is 7.26. The van der Waals surface area contributed by atoms with Gasteiger partial charge < -0.3 is 5.32 Å². The van der Waals surface area contributed by atoms with Crippen molar-refractivity contribution < 1.29 is 0 Å². The first-order valence-electron chi connectivity index (χ1n) is 7.12. The highest BCUT2D eigenvalue weighted by Crippen LogP contribution is 2.26. The summed E-state index contributed by atoms with van der Waals surface area (Å²) in [6.07, 6.45) is 0.826. The Morgan fingerprint density at radius 3 is 2.33 bits per heavy atom. The Morgan fingerprint density at radius 2 is 1.76 bits per heavy atom. The van der Waals surface area contributed by atoms with Crippen molar-refractivity contribution in [1.29, 1.82) is 0 Å². The van der Waals surface area contributed by atoms with Crippen LogP contribution >= 0.6 is 23.2 Å². The topological polar surface area (TPSA) is 24.9 Å². The van der Waals surface area contributed by atoms with E-state index in [2.05, 4.69) is 29.4 Å². The van der Waals surface area contributed by atoms with E-state index in [1.54, 1.807) is 6.07 Å². The second-order valence-corrected chi connectivity index (χ2v) is 6.08. The van der Waals surface area contributed by atoms with Crippen molar-refractivity contribution in [2.24, 2.45) is 0 Å². The van der Waals surface area contributed by atoms with Gasteiger partial charge in [-0.15, -0.1) is 0 Å². The highest BCUT2D eigenvalue weighted by molar-refractivity contribution is 6.35. The van der Waals surface area contributed by atoms with E-state index in [0.717, 1.165) is 29.9 Å². The average Bonchev–Trinajstić information content (AvgIpc) is 2.40. The van der Waals surface area contributed by atoms with Gasteiger partial charge in [-0.25, -0.2) is 0 Å². The Labute approximate surface area is 136 Å². The maximum absolute atomic E-state index is 6.30. The first-order valence-corrected chi connectivity index (χ1v) is 7.87. The van der Waals surface area contributed by atoms with Crippen LogP contribution in [0.25, 0.3) is 0 Å². The molecule has 0 amide bonds. The molecular weight excluding hydrogens is 303 g/mol. The van der Waals surface area contributed by atoms with Crippen LogP contribution in [0.4, 0.5) is 0 Å². The second-order valence-electron chi connectivity index (χ2n) is 5.23. The molecule has 21 heavy (non-hydrogen) atoms. The number of aryl methyl sites for hydroxylation is 2. The van der Waals surface area contributed by atoms with Crippen LogP contribution < -0.4 is 5.32 Å². The van der Waals surface area contributed by atoms with Gasteiger partial charge in [0.05, 0.1) is 0 Å². The number of nitrogens with one attached hydrogen (secondary N) is 1. The van der Waals surface area contributed by atoms with Crippen molar-refractivity contribution >= 4 is 23.2 Å². The van der Waals surface area contributed by atoms with Gasteiger partial charge in [-0.2, -0.15) is 0 Å². The molecule has 1 aromatic heterocycles. The zero-order valence-corrected chi connectivity index (χ0v) is 14.1. The molecule has 0 bridgehead atoms. The quantitative estimate of drug-likeness (QED) is 0.846. The highest BCUT2D eigenvalue weighted by atomic mass is 35.5. The predicted octanol–water partition coefficient (Wildman–Crippen LogP) is 4.90. The molecule has 1 heterocycles. The van der Waals surface area contributed by atoms with Gasteiger partial charge in [-0.05, 0) is 62.2 Å². The fourth-order valence-corrected chi connectivity index (χ4v) is 3.02. The van der Waals surface area contributed by atoms with Crippen LogP contribution in [0.1, 0.15) is 35.5 Å². The summed E-state index contributed by atoms with van der Waals surface area (Å²) in [7, 11) is 0. The van der Waals surface area contributed by atoms with E-state index in [0.29, 0.717) is 10.0 Å². The molecule has 4 heteroatoms. The van der Waals surface area contributed by atoms with Gasteiger partial charge in [0.25, 0.3) is 0 Å². The summed E-state index contributed by atoms with van der Waals surface area (Å²) < 4.78 is 0. The average molecular weight is 323 g/mol. The Kier molecular flexibility index (Phi) is 5.63. The zero-order chi connectivity index (χ0) is 15.4. The molecule has 2 rings (SSSR count). The number of rotatable bonds is 5. The minimum atomic E-state index is 0.217. The lowest BCUT2D eigenvalue weighted by molar-refractivity contribution is 0.548. The molecule has 0 saturated carbocycles. The van der Waals surface area contributed by atoms with Gasteiger partial charge >= 0.3 is 0 Å². The Hall–Kier alpha value is -1.09. The number of hydrogen-bond acceptors (Lipinski definition) is 2. The molecule has 0 aliphatic heterocycles. The molecule has 1 atom stereocenters. The van der Waals surface area contributed by atoms with E-state index in [4.69, 9.17) is 23.2 Å². The monoisotopic (exact) mass is 322 g/mol. The van der Waals surface area contributed by atoms with Crippen molar-refractivity contribution in [3.63, 3.8) is 0 Å². The first-order chi connectivity index (χ1) is 9.99. The number of aromatic nitrogens is 1. The van der Waals surface area contributed by atoms with E-state index in [1.165, 1.54) is 5.56 Å². The summed E-state index contributed by atoms with van der Waals surface area (Å²) >= 11 is 12.3. The summed E-state index contributed by atoms with van der Waals surface area (Å²) in [5.74, 6) is 0. The van der Waals surface area contributed by atoms with Crippen LogP contribution in [0, 0.1) is 13.8 Å². The smallest absolute Gasteiger partial charge is 0.0453 e. The summed E-state index contributed by atoms with van der Waals surface area (Å²) in [4.78, 5) is 4.44. The molecule has 2 aromatic rings. The molecule has 0 radical (unpaired) electrons. The fraction of sp³-hybridized carbons (Fsp3) is 0.353. The summed E-state index contributed by atoms with van der Waals surface area (Å²) in [6.45, 7) is 7.05. The molecule has 0 aliphatic carbocycles. The number of halogens is 2. The van der Waals surface area contributed by atoms with E-state index in [1.807, 2.05) is 26.0 Å². The molecule has 0 saturated heterocycles. The van der Waals surface area contributed by atoms with Crippen LogP contribution in [0.2, 0.25) is 10.0 Å². The van der Waals surface area contributed by atoms with Gasteiger partial charge in [0, 0.05) is 27.5 Å². The third kappa shape index (κ3) is 4.44. The van der Waals surface area contributed by atoms with Crippen molar-refractivity contribution in [3.05, 3.63) is 62.9 Å². The Bertz CT molecular complexity index is 606. The SMILES string of the molecule is CCNC(Cc1ccc(Cl)cc1Cl)c1cc(C)nc(C)c1. The number of benzene rings is 1. The molecule has 1 unspecified atom stereocenters. The zero-order valence-electron chi connectivity index (χ0n) is 12.6. The van der Waals surface area contributed by atoms with Crippen molar-refractivity contribution in [3.8, 4) is 0 Å². The third-order valence-corrected chi connectivity index (χ3v) is 3.98. The summed E-state index contributed by atoms with van der Waals surface area (Å²) in [5.41, 5.74) is 4.41. The van der Waals surface area contributed by atoms with Gasteiger partial charge in [0.2, 0.25) is 0 Å². The highest BCUT2D eigenvalue weighted by Gasteiger charge is 2.14. The van der Waals surface area contributed by atoms with Crippen LogP contribution in [0.3, 0.4) is 0 Å². The fourth-order valence-electron chi connectivity index (χ4n) is 2.53. The van der Waals surface area contributed by atoms with E-state index < -0.39 is 0 Å². The van der Waals surface area contributed by atoms with E-state index in [-0.39, 0.29) is 6.04 Å². The van der Waals surface area contributed by atoms with E-state index in [9.17, 15) is 0 Å². The maximum Gasteiger partial charge on any atom is 0.0453 e. The first kappa shape index (κ1) is 16.3. The predicted molar refractivity (Wildman–Crippen MR) is 90.3 cm³/mol. The van der Waals surface area contributed by atoms with Crippen molar-refractivity contribution in [2.45, 2.75) is 33.2 Å². The minimum absolute atomic E-state index is 0.217. The van der Waals surface area contributed by atoms with Gasteiger partial charge in [0.15, 0.2) is 0 Å². The molecular formula is C17H20Cl2N2. The van der Waals surface area contributed by atoms with Crippen LogP contribution in [0.5, 0.6) is 0 Å². The minimum Gasteiger partial charge on any atom is -0.310 e. The van der Waals surface area contributed by atoms with Crippen LogP contribution in [-0.4, -0.2) is 11.5 Å². The lowest BCUT2D eigenvalue weighted by atomic mass is 9.98. The number of pyridine rings is 1. The van der Waals surface area contributed by atoms with Gasteiger partial charge in [-0.1, -0.05) is 36.2 Å². The Balaban J connectivity index is 2.30. The molecule has 1 N–H and O–H groups in total. The van der Waals surface area contributed by atoms with Crippen molar-refractivity contribution in [2.75, 3.05) is 6.54 Å². The van der Waals surface area contributed by atoms with Gasteiger partial charge in [0.1, 0.15) is 0 Å². The molecule has 0 spiro atoms. The van der Waals surface area contributed by atoms with Crippen LogP contribution in [0.15, 0.2) is 30.3 Å². The van der Waals surface area contributed by atoms with Crippen molar-refractivity contribution in [1.82, 2.24) is 10.3 Å². The molecule has 2 nitrogen and oxygen atoms in total. The Morgan fingerprint density at radius 1 is 1.10 bits per heavy atom. The summed E-state index contributed by atoms with van der Waals surface area (Å²) in [5, 5.41) is 4.91. The normalized spacial score (nSPS) is 12.4. The lowest BCUT2D eigenvalue weighted by Gasteiger charge is -2.20. The largest absolute Gasteiger partial charge is 0.310 e. The number of hydrogen-bond donors (Lipinski definition) is 1. The molecule has 0 aliphatic rings. The van der Waals surface area contributed by atoms with Gasteiger partial charge in [-0.3, -0.25) is 4.98 Å². The van der Waals surface area contributed by atoms with Crippen LogP contribution in [-0.2, 0) is 6.42 Å². The lowest BCUT2D eigenvalue weighted by Crippen LogP contribution is -2.23. The standard InChI is InChI=1S/C17H20Cl2N2/c1-4-20-17(14-7-11(2)21-12(3)8-14)9-13-5-6-15(18)10-16(13)19/h5-8,10,17,20H,4,9H2,1-3H3. The number of nitrogens with zero attached hydrogens (tertiary/aromatic N) is 1. The summed E-state index contributed by atoms with van der Waals surface area (Å²) in [6, 6.07) is 10.2. The maximum atomic E-state index is 6.30. The molecule has 1 aromatic carbocycles. The molecule has 112 valence electrons. The van der Waals surface area contributed by atoms with E-state index >= 15 is 0 Å². The number of likely N-dealkylation sites (N-methyl/N-ethyl adjacent to an activating group) is 1.